The van der Waals surface area contributed by atoms with E-state index in [9.17, 15) is 4.79 Å². The molecule has 0 aromatic carbocycles. The molecule has 0 aliphatic carbocycles. The van der Waals surface area contributed by atoms with Gasteiger partial charge in [0.25, 0.3) is 0 Å². The summed E-state index contributed by atoms with van der Waals surface area (Å²) in [5.74, 6) is 1.02. The maximum absolute atomic E-state index is 11.0. The van der Waals surface area contributed by atoms with Gasteiger partial charge in [-0.3, -0.25) is 4.79 Å². The van der Waals surface area contributed by atoms with E-state index in [4.69, 9.17) is 0 Å². The molecule has 0 spiro atoms. The number of hydrogen-bond acceptors (Lipinski definition) is 2. The second-order valence-electron chi connectivity index (χ2n) is 2.18. The van der Waals surface area contributed by atoms with Crippen LogP contribution in [0.5, 0.6) is 0 Å². The lowest BCUT2D eigenvalue weighted by Gasteiger charge is -2.04. The number of thioether (sulfide) groups is 1. The first-order valence-corrected chi connectivity index (χ1v) is 4.48. The normalized spacial score (nSPS) is 12.6. The van der Waals surface area contributed by atoms with Crippen molar-refractivity contribution in [3.63, 3.8) is 0 Å². The maximum Gasteiger partial charge on any atom is 0.192 e. The molecule has 0 bridgehead atoms. The second kappa shape index (κ2) is 5.54. The molecule has 0 fully saturated rings. The monoisotopic (exact) mass is 158 g/mol. The van der Waals surface area contributed by atoms with Crippen molar-refractivity contribution in [1.29, 1.82) is 0 Å². The molecule has 0 N–H and O–H groups in total. The van der Waals surface area contributed by atoms with Gasteiger partial charge in [0.05, 0.1) is 0 Å². The number of carbonyl (C=O) groups is 1. The zero-order chi connectivity index (χ0) is 7.98. The van der Waals surface area contributed by atoms with Gasteiger partial charge in [-0.2, -0.15) is 0 Å². The molecule has 1 unspecified atom stereocenters. The summed E-state index contributed by atoms with van der Waals surface area (Å²) in [7, 11) is 0. The highest BCUT2D eigenvalue weighted by molar-refractivity contribution is 8.13. The van der Waals surface area contributed by atoms with Crippen LogP contribution in [0.4, 0.5) is 0 Å². The number of hydrogen-bond donors (Lipinski definition) is 0. The molecule has 0 saturated heterocycles. The highest BCUT2D eigenvalue weighted by Crippen LogP contribution is 2.13. The molecule has 1 atom stereocenters. The Morgan fingerprint density at radius 3 is 2.80 bits per heavy atom. The summed E-state index contributed by atoms with van der Waals surface area (Å²) in [5, 5.41) is 0.280. The Morgan fingerprint density at radius 1 is 1.80 bits per heavy atom. The third kappa shape index (κ3) is 3.72. The van der Waals surface area contributed by atoms with E-state index < -0.39 is 0 Å². The Hall–Kier alpha value is -0.240. The van der Waals surface area contributed by atoms with Crippen LogP contribution in [0.15, 0.2) is 12.7 Å². The first-order valence-electron chi connectivity index (χ1n) is 3.49. The van der Waals surface area contributed by atoms with Gasteiger partial charge >= 0.3 is 0 Å². The van der Waals surface area contributed by atoms with E-state index in [1.54, 1.807) is 6.08 Å². The van der Waals surface area contributed by atoms with Crippen LogP contribution in [0.1, 0.15) is 20.3 Å². The first-order chi connectivity index (χ1) is 4.72. The Labute approximate surface area is 66.9 Å². The average molecular weight is 158 g/mol. The molecule has 10 heavy (non-hydrogen) atoms. The van der Waals surface area contributed by atoms with Crippen molar-refractivity contribution >= 4 is 16.9 Å². The predicted octanol–water partition coefficient (Wildman–Crippen LogP) is 2.48. The van der Waals surface area contributed by atoms with Crippen LogP contribution in [-0.2, 0) is 4.79 Å². The zero-order valence-electron chi connectivity index (χ0n) is 6.59. The van der Waals surface area contributed by atoms with Crippen LogP contribution in [0.3, 0.4) is 0 Å². The molecule has 0 heterocycles. The summed E-state index contributed by atoms with van der Waals surface area (Å²) in [6, 6.07) is 0. The molecular formula is C8H14OS. The fourth-order valence-electron chi connectivity index (χ4n) is 0.631. The van der Waals surface area contributed by atoms with Crippen LogP contribution >= 0.6 is 11.8 Å². The fourth-order valence-corrected chi connectivity index (χ4v) is 1.30. The fraction of sp³-hybridized carbons (Fsp3) is 0.625. The van der Waals surface area contributed by atoms with Gasteiger partial charge in [0.15, 0.2) is 5.12 Å². The largest absolute Gasteiger partial charge is 0.287 e. The van der Waals surface area contributed by atoms with Crippen molar-refractivity contribution in [3.8, 4) is 0 Å². The minimum atomic E-state index is 0.141. The number of carbonyl (C=O) groups excluding carboxylic acids is 1. The molecule has 0 rings (SSSR count). The summed E-state index contributed by atoms with van der Waals surface area (Å²) < 4.78 is 0. The van der Waals surface area contributed by atoms with E-state index in [1.807, 2.05) is 13.8 Å². The van der Waals surface area contributed by atoms with E-state index in [0.717, 1.165) is 12.2 Å². The van der Waals surface area contributed by atoms with Gasteiger partial charge in [-0.15, -0.1) is 6.58 Å². The Bertz CT molecular complexity index is 120. The molecule has 0 saturated carbocycles. The van der Waals surface area contributed by atoms with Gasteiger partial charge in [0.1, 0.15) is 0 Å². The van der Waals surface area contributed by atoms with Crippen LogP contribution in [0.25, 0.3) is 0 Å². The standard InChI is InChI=1S/C8H14OS/c1-4-6-7(3)8(9)10-5-2/h4,7H,1,5-6H2,2-3H3. The molecule has 2 heteroatoms. The van der Waals surface area contributed by atoms with Crippen LogP contribution < -0.4 is 0 Å². The predicted molar refractivity (Wildman–Crippen MR) is 47.1 cm³/mol. The van der Waals surface area contributed by atoms with Gasteiger partial charge in [0.2, 0.25) is 0 Å². The van der Waals surface area contributed by atoms with E-state index in [2.05, 4.69) is 6.58 Å². The SMILES string of the molecule is C=CCC(C)C(=O)SCC. The maximum atomic E-state index is 11.0. The van der Waals surface area contributed by atoms with Crippen LogP contribution in [0.2, 0.25) is 0 Å². The van der Waals surface area contributed by atoms with Crippen LogP contribution in [0, 0.1) is 5.92 Å². The van der Waals surface area contributed by atoms with Crippen molar-refractivity contribution < 1.29 is 4.79 Å². The van der Waals surface area contributed by atoms with E-state index in [0.29, 0.717) is 0 Å². The summed E-state index contributed by atoms with van der Waals surface area (Å²) in [4.78, 5) is 11.0. The number of allylic oxidation sites excluding steroid dienone is 1. The van der Waals surface area contributed by atoms with Crippen molar-refractivity contribution in [3.05, 3.63) is 12.7 Å². The molecule has 0 aliphatic heterocycles. The summed E-state index contributed by atoms with van der Waals surface area (Å²) >= 11 is 1.39. The van der Waals surface area contributed by atoms with Gasteiger partial charge in [-0.05, 0) is 12.2 Å². The number of rotatable bonds is 4. The van der Waals surface area contributed by atoms with E-state index >= 15 is 0 Å². The molecular weight excluding hydrogens is 144 g/mol. The van der Waals surface area contributed by atoms with E-state index in [-0.39, 0.29) is 11.0 Å². The lowest BCUT2D eigenvalue weighted by atomic mass is 10.1. The smallest absolute Gasteiger partial charge is 0.192 e. The Morgan fingerprint density at radius 2 is 2.40 bits per heavy atom. The minimum Gasteiger partial charge on any atom is -0.287 e. The topological polar surface area (TPSA) is 17.1 Å². The summed E-state index contributed by atoms with van der Waals surface area (Å²) in [6.45, 7) is 7.51. The van der Waals surface area contributed by atoms with Crippen molar-refractivity contribution in [2.75, 3.05) is 5.75 Å². The lowest BCUT2D eigenvalue weighted by molar-refractivity contribution is -0.113. The summed E-state index contributed by atoms with van der Waals surface area (Å²) in [5.41, 5.74) is 0. The van der Waals surface area contributed by atoms with Crippen molar-refractivity contribution in [1.82, 2.24) is 0 Å². The Balaban J connectivity index is 3.58. The lowest BCUT2D eigenvalue weighted by Crippen LogP contribution is -2.05. The molecule has 0 amide bonds. The quantitative estimate of drug-likeness (QED) is 0.585. The Kier molecular flexibility index (Phi) is 5.40. The van der Waals surface area contributed by atoms with Gasteiger partial charge in [-0.25, -0.2) is 0 Å². The molecule has 0 aromatic rings. The third-order valence-corrected chi connectivity index (χ3v) is 2.18. The molecule has 1 nitrogen and oxygen atoms in total. The van der Waals surface area contributed by atoms with Gasteiger partial charge in [-0.1, -0.05) is 31.7 Å². The van der Waals surface area contributed by atoms with E-state index in [1.165, 1.54) is 11.8 Å². The van der Waals surface area contributed by atoms with Crippen molar-refractivity contribution in [2.24, 2.45) is 5.92 Å². The van der Waals surface area contributed by atoms with Gasteiger partial charge < -0.3 is 0 Å². The van der Waals surface area contributed by atoms with Crippen LogP contribution in [-0.4, -0.2) is 10.9 Å². The zero-order valence-corrected chi connectivity index (χ0v) is 7.41. The van der Waals surface area contributed by atoms with Gasteiger partial charge in [0, 0.05) is 5.92 Å². The summed E-state index contributed by atoms with van der Waals surface area (Å²) in [6.07, 6.45) is 2.59. The third-order valence-electron chi connectivity index (χ3n) is 1.21. The molecule has 0 aromatic heterocycles. The molecule has 58 valence electrons. The minimum absolute atomic E-state index is 0.141. The second-order valence-corrected chi connectivity index (χ2v) is 3.45. The highest BCUT2D eigenvalue weighted by Gasteiger charge is 2.09. The molecule has 0 aliphatic rings. The molecule has 0 radical (unpaired) electrons. The highest BCUT2D eigenvalue weighted by atomic mass is 32.2. The average Bonchev–Trinajstić information content (AvgIpc) is 1.89. The van der Waals surface area contributed by atoms with Crippen molar-refractivity contribution in [2.45, 2.75) is 20.3 Å². The first kappa shape index (κ1) is 9.76.